The molecule has 0 aromatic carbocycles. The number of nitrogens with one attached hydrogen (secondary N) is 1. The summed E-state index contributed by atoms with van der Waals surface area (Å²) >= 11 is 5.75. The first-order valence-corrected chi connectivity index (χ1v) is 6.18. The van der Waals surface area contributed by atoms with Crippen LogP contribution in [0.2, 0.25) is 5.02 Å². The third-order valence-electron chi connectivity index (χ3n) is 3.10. The summed E-state index contributed by atoms with van der Waals surface area (Å²) in [6.07, 6.45) is 5.07. The number of rotatable bonds is 4. The van der Waals surface area contributed by atoms with Crippen LogP contribution in [0.25, 0.3) is 0 Å². The van der Waals surface area contributed by atoms with Gasteiger partial charge in [-0.05, 0) is 30.9 Å². The Balaban J connectivity index is 2.00. The Bertz CT molecular complexity index is 417. The summed E-state index contributed by atoms with van der Waals surface area (Å²) in [6.45, 7) is 0.855. The standard InChI is InChI=1S/C12H15ClN2O2/c13-9-5-6-10(15-11(9)12(16)17)14-7-8-3-1-2-4-8/h5-6,8H,1-4,7H2,(H,14,15)(H,16,17). The number of nitrogens with zero attached hydrogens (tertiary/aromatic N) is 1. The molecule has 0 radical (unpaired) electrons. The molecule has 0 unspecified atom stereocenters. The number of hydrogen-bond acceptors (Lipinski definition) is 3. The van der Waals surface area contributed by atoms with Crippen molar-refractivity contribution < 1.29 is 9.90 Å². The lowest BCUT2D eigenvalue weighted by molar-refractivity contribution is 0.0691. The second-order valence-corrected chi connectivity index (χ2v) is 4.77. The minimum atomic E-state index is -1.10. The zero-order valence-corrected chi connectivity index (χ0v) is 10.2. The molecular formula is C12H15ClN2O2. The molecule has 0 saturated heterocycles. The van der Waals surface area contributed by atoms with Crippen LogP contribution in [0.3, 0.4) is 0 Å². The van der Waals surface area contributed by atoms with Crippen LogP contribution in [-0.2, 0) is 0 Å². The third kappa shape index (κ3) is 3.09. The molecule has 5 heteroatoms. The highest BCUT2D eigenvalue weighted by molar-refractivity contribution is 6.33. The first-order chi connectivity index (χ1) is 8.16. The van der Waals surface area contributed by atoms with Crippen molar-refractivity contribution in [3.05, 3.63) is 22.8 Å². The van der Waals surface area contributed by atoms with Crippen molar-refractivity contribution in [3.63, 3.8) is 0 Å². The van der Waals surface area contributed by atoms with Crippen molar-refractivity contribution in [2.75, 3.05) is 11.9 Å². The van der Waals surface area contributed by atoms with Gasteiger partial charge < -0.3 is 10.4 Å². The summed E-state index contributed by atoms with van der Waals surface area (Å²) in [5.74, 6) is 0.166. The Morgan fingerprint density at radius 2 is 2.18 bits per heavy atom. The average Bonchev–Trinajstić information content (AvgIpc) is 2.80. The van der Waals surface area contributed by atoms with Gasteiger partial charge in [-0.3, -0.25) is 0 Å². The molecule has 2 N–H and O–H groups in total. The normalized spacial score (nSPS) is 16.1. The zero-order valence-electron chi connectivity index (χ0n) is 9.45. The van der Waals surface area contributed by atoms with Crippen molar-refractivity contribution in [1.82, 2.24) is 4.98 Å². The Kier molecular flexibility index (Phi) is 3.84. The lowest BCUT2D eigenvalue weighted by atomic mass is 10.1. The number of hydrogen-bond donors (Lipinski definition) is 2. The Morgan fingerprint density at radius 1 is 1.47 bits per heavy atom. The van der Waals surface area contributed by atoms with E-state index in [2.05, 4.69) is 10.3 Å². The van der Waals surface area contributed by atoms with E-state index in [0.29, 0.717) is 11.7 Å². The lowest BCUT2D eigenvalue weighted by Crippen LogP contribution is -2.13. The first kappa shape index (κ1) is 12.2. The van der Waals surface area contributed by atoms with Crippen LogP contribution in [0.1, 0.15) is 36.2 Å². The van der Waals surface area contributed by atoms with Crippen molar-refractivity contribution in [3.8, 4) is 0 Å². The molecular weight excluding hydrogens is 240 g/mol. The highest BCUT2D eigenvalue weighted by Crippen LogP contribution is 2.25. The van der Waals surface area contributed by atoms with Crippen LogP contribution >= 0.6 is 11.6 Å². The number of halogens is 1. The van der Waals surface area contributed by atoms with Crippen molar-refractivity contribution in [2.45, 2.75) is 25.7 Å². The van der Waals surface area contributed by atoms with E-state index in [9.17, 15) is 4.79 Å². The van der Waals surface area contributed by atoms with Crippen molar-refractivity contribution in [2.24, 2.45) is 5.92 Å². The molecule has 1 aromatic heterocycles. The van der Waals surface area contributed by atoms with E-state index < -0.39 is 5.97 Å². The van der Waals surface area contributed by atoms with E-state index in [4.69, 9.17) is 16.7 Å². The molecule has 17 heavy (non-hydrogen) atoms. The first-order valence-electron chi connectivity index (χ1n) is 5.80. The maximum atomic E-state index is 10.9. The second kappa shape index (κ2) is 5.36. The van der Waals surface area contributed by atoms with E-state index in [1.54, 1.807) is 12.1 Å². The summed E-state index contributed by atoms with van der Waals surface area (Å²) in [7, 11) is 0. The number of carboxylic acid groups (broad SMARTS) is 1. The maximum Gasteiger partial charge on any atom is 0.356 e. The molecule has 0 aliphatic heterocycles. The topological polar surface area (TPSA) is 62.2 Å². The fourth-order valence-electron chi connectivity index (χ4n) is 2.15. The number of aromatic nitrogens is 1. The van der Waals surface area contributed by atoms with Crippen LogP contribution in [0.5, 0.6) is 0 Å². The van der Waals surface area contributed by atoms with Crippen LogP contribution in [0.4, 0.5) is 5.82 Å². The Morgan fingerprint density at radius 3 is 2.82 bits per heavy atom. The number of carboxylic acids is 1. The van der Waals surface area contributed by atoms with E-state index in [-0.39, 0.29) is 10.7 Å². The van der Waals surface area contributed by atoms with Gasteiger partial charge in [0.05, 0.1) is 5.02 Å². The minimum Gasteiger partial charge on any atom is -0.476 e. The minimum absolute atomic E-state index is 0.0944. The summed E-state index contributed by atoms with van der Waals surface area (Å²) in [6, 6.07) is 3.28. The van der Waals surface area contributed by atoms with Gasteiger partial charge in [0, 0.05) is 6.54 Å². The van der Waals surface area contributed by atoms with E-state index in [1.807, 2.05) is 0 Å². The molecule has 0 atom stereocenters. The fourth-order valence-corrected chi connectivity index (χ4v) is 2.34. The summed E-state index contributed by atoms with van der Waals surface area (Å²) < 4.78 is 0. The maximum absolute atomic E-state index is 10.9. The van der Waals surface area contributed by atoms with Gasteiger partial charge in [0.25, 0.3) is 0 Å². The molecule has 1 aromatic rings. The van der Waals surface area contributed by atoms with E-state index in [0.717, 1.165) is 6.54 Å². The van der Waals surface area contributed by atoms with Crippen LogP contribution < -0.4 is 5.32 Å². The number of aromatic carboxylic acids is 1. The summed E-state index contributed by atoms with van der Waals surface area (Å²) in [5, 5.41) is 12.2. The molecule has 0 spiro atoms. The third-order valence-corrected chi connectivity index (χ3v) is 3.40. The van der Waals surface area contributed by atoms with E-state index >= 15 is 0 Å². The number of anilines is 1. The summed E-state index contributed by atoms with van der Waals surface area (Å²) in [5.41, 5.74) is -0.0944. The largest absolute Gasteiger partial charge is 0.476 e. The number of pyridine rings is 1. The zero-order chi connectivity index (χ0) is 12.3. The van der Waals surface area contributed by atoms with Gasteiger partial charge in [-0.1, -0.05) is 24.4 Å². The molecule has 1 saturated carbocycles. The van der Waals surface area contributed by atoms with Gasteiger partial charge in [0.1, 0.15) is 5.82 Å². The Hall–Kier alpha value is -1.29. The van der Waals surface area contributed by atoms with Gasteiger partial charge in [-0.2, -0.15) is 0 Å². The number of carbonyl (C=O) groups is 1. The fraction of sp³-hybridized carbons (Fsp3) is 0.500. The van der Waals surface area contributed by atoms with Gasteiger partial charge in [-0.25, -0.2) is 9.78 Å². The van der Waals surface area contributed by atoms with Gasteiger partial charge in [-0.15, -0.1) is 0 Å². The molecule has 2 rings (SSSR count). The van der Waals surface area contributed by atoms with Crippen molar-refractivity contribution in [1.29, 1.82) is 0 Å². The average molecular weight is 255 g/mol. The Labute approximate surface area is 105 Å². The van der Waals surface area contributed by atoms with Gasteiger partial charge >= 0.3 is 5.97 Å². The highest BCUT2D eigenvalue weighted by atomic mass is 35.5. The molecule has 1 fully saturated rings. The van der Waals surface area contributed by atoms with Crippen LogP contribution in [-0.4, -0.2) is 22.6 Å². The van der Waals surface area contributed by atoms with E-state index in [1.165, 1.54) is 25.7 Å². The van der Waals surface area contributed by atoms with Crippen LogP contribution in [0, 0.1) is 5.92 Å². The lowest BCUT2D eigenvalue weighted by Gasteiger charge is -2.11. The predicted octanol–water partition coefficient (Wildman–Crippen LogP) is 3.04. The smallest absolute Gasteiger partial charge is 0.356 e. The van der Waals surface area contributed by atoms with Gasteiger partial charge in [0.15, 0.2) is 5.69 Å². The second-order valence-electron chi connectivity index (χ2n) is 4.36. The molecule has 1 heterocycles. The quantitative estimate of drug-likeness (QED) is 0.867. The molecule has 0 bridgehead atoms. The SMILES string of the molecule is O=C(O)c1nc(NCC2CCCC2)ccc1Cl. The van der Waals surface area contributed by atoms with Crippen LogP contribution in [0.15, 0.2) is 12.1 Å². The molecule has 1 aliphatic rings. The molecule has 0 amide bonds. The highest BCUT2D eigenvalue weighted by Gasteiger charge is 2.15. The molecule has 1 aliphatic carbocycles. The molecule has 4 nitrogen and oxygen atoms in total. The van der Waals surface area contributed by atoms with Gasteiger partial charge in [0.2, 0.25) is 0 Å². The monoisotopic (exact) mass is 254 g/mol. The predicted molar refractivity (Wildman–Crippen MR) is 66.7 cm³/mol. The molecule has 92 valence electrons. The summed E-state index contributed by atoms with van der Waals surface area (Å²) in [4.78, 5) is 14.8. The van der Waals surface area contributed by atoms with Crippen molar-refractivity contribution >= 4 is 23.4 Å².